The molecule has 0 aromatic carbocycles. The van der Waals surface area contributed by atoms with E-state index in [2.05, 4.69) is 40.1 Å². The first kappa shape index (κ1) is 56.5. The number of aliphatic carboxylic acids is 2. The minimum Gasteiger partial charge on any atom is -0.480 e. The Labute approximate surface area is 362 Å². The molecule has 0 heterocycles. The van der Waals surface area contributed by atoms with E-state index in [9.17, 15) is 43.8 Å². The molecule has 0 radical (unpaired) electrons. The van der Waals surface area contributed by atoms with Crippen LogP contribution in [0.25, 0.3) is 0 Å². The monoisotopic (exact) mass is 872 g/mol. The maximum absolute atomic E-state index is 12.5. The van der Waals surface area contributed by atoms with Gasteiger partial charge < -0.3 is 46.3 Å². The van der Waals surface area contributed by atoms with Gasteiger partial charge in [-0.15, -0.1) is 18.3 Å². The molecule has 7 N–H and O–H groups in total. The van der Waals surface area contributed by atoms with E-state index in [0.717, 1.165) is 25.7 Å². The number of rotatable bonds is 41. The highest BCUT2D eigenvalue weighted by Gasteiger charge is 2.24. The number of hydrogen-bond donors (Lipinski definition) is 7. The number of carbonyl (C=O) groups is 7. The van der Waals surface area contributed by atoms with Gasteiger partial charge in [0.1, 0.15) is 17.9 Å². The molecule has 346 valence electrons. The summed E-state index contributed by atoms with van der Waals surface area (Å²) >= 11 is 1.38. The molecule has 0 aromatic heterocycles. The van der Waals surface area contributed by atoms with Crippen LogP contribution in [0.15, 0.2) is 12.2 Å². The number of ether oxygens (including phenoxy) is 2. The van der Waals surface area contributed by atoms with Gasteiger partial charge >= 0.3 is 11.9 Å². The number of carboxylic acid groups (broad SMARTS) is 2. The summed E-state index contributed by atoms with van der Waals surface area (Å²) in [5, 5.41) is 32.5. The van der Waals surface area contributed by atoms with Crippen LogP contribution < -0.4 is 26.6 Å². The molecule has 16 nitrogen and oxygen atoms in total. The molecule has 3 unspecified atom stereocenters. The van der Waals surface area contributed by atoms with E-state index in [1.807, 2.05) is 13.8 Å². The van der Waals surface area contributed by atoms with Crippen LogP contribution in [-0.2, 0) is 43.0 Å². The summed E-state index contributed by atoms with van der Waals surface area (Å²) in [5.74, 6) is -3.52. The number of unbranched alkanes of at least 4 members (excludes halogenated alkanes) is 11. The van der Waals surface area contributed by atoms with E-state index in [0.29, 0.717) is 18.7 Å². The maximum atomic E-state index is 12.5. The first-order valence-electron chi connectivity index (χ1n) is 21.8. The van der Waals surface area contributed by atoms with E-state index in [4.69, 9.17) is 9.47 Å². The molecule has 0 saturated heterocycles. The van der Waals surface area contributed by atoms with Crippen molar-refractivity contribution in [1.29, 1.82) is 0 Å². The Kier molecular flexibility index (Phi) is 35.0. The molecule has 0 aliphatic carbocycles. The van der Waals surface area contributed by atoms with Crippen LogP contribution in [0.3, 0.4) is 0 Å². The quantitative estimate of drug-likeness (QED) is 0.0327. The summed E-state index contributed by atoms with van der Waals surface area (Å²) in [7, 11) is 0. The van der Waals surface area contributed by atoms with Gasteiger partial charge in [-0.05, 0) is 46.0 Å². The smallest absolute Gasteiger partial charge is 0.326 e. The van der Waals surface area contributed by atoms with Crippen LogP contribution in [0.1, 0.15) is 143 Å². The molecule has 0 rings (SSSR count). The Morgan fingerprint density at radius 2 is 0.967 bits per heavy atom. The van der Waals surface area contributed by atoms with Crippen molar-refractivity contribution < 1.29 is 53.2 Å². The van der Waals surface area contributed by atoms with Crippen molar-refractivity contribution in [3.05, 3.63) is 12.2 Å². The second-order valence-electron chi connectivity index (χ2n) is 15.6. The summed E-state index contributed by atoms with van der Waals surface area (Å²) in [6.45, 7) is 13.0. The Bertz CT molecular complexity index is 1270. The number of carboxylic acids is 2. The third-order valence-corrected chi connectivity index (χ3v) is 10.4. The Morgan fingerprint density at radius 3 is 1.40 bits per heavy atom. The van der Waals surface area contributed by atoms with E-state index < -0.39 is 41.7 Å². The van der Waals surface area contributed by atoms with Gasteiger partial charge in [0.05, 0.1) is 38.2 Å². The van der Waals surface area contributed by atoms with Gasteiger partial charge in [-0.2, -0.15) is 0 Å². The fourth-order valence-corrected chi connectivity index (χ4v) is 6.99. The fraction of sp³-hybridized carbons (Fsp3) is 0.791. The first-order chi connectivity index (χ1) is 28.6. The predicted molar refractivity (Wildman–Crippen MR) is 235 cm³/mol. The first-order valence-corrected chi connectivity index (χ1v) is 23.0. The van der Waals surface area contributed by atoms with Crippen LogP contribution in [0.5, 0.6) is 0 Å². The van der Waals surface area contributed by atoms with Gasteiger partial charge in [0.15, 0.2) is 0 Å². The summed E-state index contributed by atoms with van der Waals surface area (Å²) < 4.78 is 10.8. The summed E-state index contributed by atoms with van der Waals surface area (Å²) in [5.41, 5.74) is 1.26. The number of ketones is 1. The molecule has 17 heteroatoms. The molecule has 0 spiro atoms. The number of allylic oxidation sites excluding steroid dienone is 1. The summed E-state index contributed by atoms with van der Waals surface area (Å²) in [6, 6.07) is -2.76. The second-order valence-corrected chi connectivity index (χ2v) is 16.6. The molecule has 0 bridgehead atoms. The van der Waals surface area contributed by atoms with Crippen molar-refractivity contribution >= 4 is 53.1 Å². The standard InChI is InChI=1S/C43H77N5O11S/c1-32(2)18-16-14-12-10-8-6-7-9-11-13-15-17-19-39(51)47-36(43(56)57)21-23-40(52)48-35(42(54)55)20-22-38(50)44-24-26-58-28-29-59-27-25-45-41(53)31-60-30-37(34(5)49)46-33(3)4/h33,35-37,46H,1,6-31H2,2-5H3,(H,44,50)(H,45,53)(H,47,51)(H,48,52)(H,54,55)(H,56,57). The zero-order valence-corrected chi connectivity index (χ0v) is 37.7. The Morgan fingerprint density at radius 1 is 0.550 bits per heavy atom. The average Bonchev–Trinajstić information content (AvgIpc) is 3.17. The Balaban J connectivity index is 4.05. The normalized spacial score (nSPS) is 12.6. The number of carbonyl (C=O) groups excluding carboxylic acids is 5. The molecule has 0 fully saturated rings. The number of thioether (sulfide) groups is 1. The molecular formula is C43H77N5O11S. The third-order valence-electron chi connectivity index (χ3n) is 9.40. The number of Topliss-reactive ketones (excluding diaryl/α,β-unsaturated/α-hetero) is 1. The van der Waals surface area contributed by atoms with Crippen LogP contribution in [0, 0.1) is 0 Å². The number of nitrogens with one attached hydrogen (secondary N) is 5. The zero-order chi connectivity index (χ0) is 45.0. The van der Waals surface area contributed by atoms with Crippen molar-refractivity contribution in [2.24, 2.45) is 0 Å². The van der Waals surface area contributed by atoms with Crippen LogP contribution in [0.4, 0.5) is 0 Å². The lowest BCUT2D eigenvalue weighted by molar-refractivity contribution is -0.143. The van der Waals surface area contributed by atoms with Crippen molar-refractivity contribution in [2.45, 2.75) is 167 Å². The van der Waals surface area contributed by atoms with Crippen molar-refractivity contribution in [1.82, 2.24) is 26.6 Å². The van der Waals surface area contributed by atoms with Crippen LogP contribution in [-0.4, -0.2) is 127 Å². The van der Waals surface area contributed by atoms with Crippen molar-refractivity contribution in [3.8, 4) is 0 Å². The van der Waals surface area contributed by atoms with Crippen LogP contribution in [0.2, 0.25) is 0 Å². The second kappa shape index (κ2) is 37.2. The van der Waals surface area contributed by atoms with E-state index in [1.54, 1.807) is 0 Å². The van der Waals surface area contributed by atoms with Crippen molar-refractivity contribution in [2.75, 3.05) is 51.0 Å². The van der Waals surface area contributed by atoms with Gasteiger partial charge in [-0.3, -0.25) is 24.0 Å². The average molecular weight is 872 g/mol. The molecule has 0 aliphatic rings. The SMILES string of the molecule is C=C(C)CCCCCCCCCCCCCCC(=O)NC(CCC(=O)NC(CCC(=O)NCCOCCOCCNC(=O)CSCC(NC(C)C)C(C)=O)C(=O)O)C(=O)O. The maximum Gasteiger partial charge on any atom is 0.326 e. The van der Waals surface area contributed by atoms with Crippen molar-refractivity contribution in [3.63, 3.8) is 0 Å². The molecule has 60 heavy (non-hydrogen) atoms. The topological polar surface area (TPSA) is 239 Å². The molecule has 4 amide bonds. The number of amides is 4. The van der Waals surface area contributed by atoms with Gasteiger partial charge in [0, 0.05) is 44.1 Å². The largest absolute Gasteiger partial charge is 0.480 e. The van der Waals surface area contributed by atoms with Gasteiger partial charge in [-0.1, -0.05) is 83.6 Å². The molecule has 0 saturated carbocycles. The van der Waals surface area contributed by atoms with Gasteiger partial charge in [0.25, 0.3) is 0 Å². The summed E-state index contributed by atoms with van der Waals surface area (Å²) in [4.78, 5) is 84.3. The highest BCUT2D eigenvalue weighted by Crippen LogP contribution is 2.14. The minimum absolute atomic E-state index is 0.0346. The lowest BCUT2D eigenvalue weighted by Gasteiger charge is -2.18. The summed E-state index contributed by atoms with van der Waals surface area (Å²) in [6.07, 6.45) is 14.1. The highest BCUT2D eigenvalue weighted by atomic mass is 32.2. The molecular weight excluding hydrogens is 795 g/mol. The zero-order valence-electron chi connectivity index (χ0n) is 36.9. The molecule has 0 aromatic rings. The molecule has 3 atom stereocenters. The van der Waals surface area contributed by atoms with E-state index >= 15 is 0 Å². The van der Waals surface area contributed by atoms with E-state index in [1.165, 1.54) is 75.6 Å². The lowest BCUT2D eigenvalue weighted by atomic mass is 10.0. The number of hydrogen-bond acceptors (Lipinski definition) is 11. The Hall–Kier alpha value is -3.54. The van der Waals surface area contributed by atoms with Crippen LogP contribution >= 0.6 is 11.8 Å². The van der Waals surface area contributed by atoms with Gasteiger partial charge in [-0.25, -0.2) is 9.59 Å². The minimum atomic E-state index is -1.36. The predicted octanol–water partition coefficient (Wildman–Crippen LogP) is 4.68. The lowest BCUT2D eigenvalue weighted by Crippen LogP contribution is -2.44. The highest BCUT2D eigenvalue weighted by molar-refractivity contribution is 8.00. The third kappa shape index (κ3) is 35.2. The van der Waals surface area contributed by atoms with E-state index in [-0.39, 0.29) is 94.6 Å². The molecule has 0 aliphatic heterocycles. The van der Waals surface area contributed by atoms with Gasteiger partial charge in [0.2, 0.25) is 23.6 Å². The fourth-order valence-electron chi connectivity index (χ4n) is 6.02.